The smallest absolute Gasteiger partial charge is 0.361 e. The van der Waals surface area contributed by atoms with E-state index in [2.05, 4.69) is 15.2 Å². The predicted octanol–water partition coefficient (Wildman–Crippen LogP) is -0.0997. The summed E-state index contributed by atoms with van der Waals surface area (Å²) in [5.74, 6) is 0. The summed E-state index contributed by atoms with van der Waals surface area (Å²) in [4.78, 5) is 14.4. The molecule has 0 radical (unpaired) electrons. The van der Waals surface area contributed by atoms with Gasteiger partial charge in [-0.1, -0.05) is 6.07 Å². The number of nitrogens with two attached hydrogens (primary N) is 1. The van der Waals surface area contributed by atoms with Gasteiger partial charge in [-0.15, -0.1) is 0 Å². The summed E-state index contributed by atoms with van der Waals surface area (Å²) < 4.78 is 0. The summed E-state index contributed by atoms with van der Waals surface area (Å²) in [7, 11) is 0. The Morgan fingerprint density at radius 1 is 1.42 bits per heavy atom. The van der Waals surface area contributed by atoms with Crippen LogP contribution in [-0.4, -0.2) is 15.2 Å². The van der Waals surface area contributed by atoms with Gasteiger partial charge in [-0.05, 0) is 12.1 Å². The Kier molecular flexibility index (Phi) is 1.30. The molecule has 60 valence electrons. The minimum Gasteiger partial charge on any atom is -0.397 e. The average molecular weight is 162 g/mol. The number of benzene rings is 1. The van der Waals surface area contributed by atoms with Crippen LogP contribution < -0.4 is 11.4 Å². The van der Waals surface area contributed by atoms with Crippen molar-refractivity contribution in [2.24, 2.45) is 0 Å². The van der Waals surface area contributed by atoms with Crippen LogP contribution >= 0.6 is 0 Å². The number of hydrogen-bond acceptors (Lipinski definition) is 4. The molecule has 0 spiro atoms. The minimum absolute atomic E-state index is 0.465. The number of aromatic amines is 1. The van der Waals surface area contributed by atoms with E-state index in [0.29, 0.717) is 16.7 Å². The quantitative estimate of drug-likeness (QED) is 0.530. The second-order valence-corrected chi connectivity index (χ2v) is 2.36. The van der Waals surface area contributed by atoms with Gasteiger partial charge in [-0.3, -0.25) is 0 Å². The fourth-order valence-electron chi connectivity index (χ4n) is 0.999. The molecule has 0 bridgehead atoms. The highest BCUT2D eigenvalue weighted by Gasteiger charge is 1.99. The molecule has 0 amide bonds. The fourth-order valence-corrected chi connectivity index (χ4v) is 0.999. The number of hydrogen-bond donors (Lipinski definition) is 2. The minimum atomic E-state index is -0.465. The van der Waals surface area contributed by atoms with E-state index in [1.54, 1.807) is 18.2 Å². The van der Waals surface area contributed by atoms with E-state index in [-0.39, 0.29) is 0 Å². The lowest BCUT2D eigenvalue weighted by Gasteiger charge is -1.96. The second kappa shape index (κ2) is 2.30. The third kappa shape index (κ3) is 0.914. The lowest BCUT2D eigenvalue weighted by atomic mass is 10.3. The van der Waals surface area contributed by atoms with Crippen molar-refractivity contribution in [3.63, 3.8) is 0 Å². The van der Waals surface area contributed by atoms with Gasteiger partial charge in [0.15, 0.2) is 0 Å². The van der Waals surface area contributed by atoms with Crippen LogP contribution in [-0.2, 0) is 0 Å². The highest BCUT2D eigenvalue weighted by molar-refractivity contribution is 5.85. The first-order valence-electron chi connectivity index (χ1n) is 3.38. The first kappa shape index (κ1) is 6.78. The topological polar surface area (TPSA) is 84.7 Å². The SMILES string of the molecule is Nc1cccc2nc(=O)[nH]nc12. The number of rotatable bonds is 0. The standard InChI is InChI=1S/C7H6N4O/c8-4-2-1-3-5-6(4)10-11-7(12)9-5/h1-3H,8H2,(H,9,11,12). The Morgan fingerprint density at radius 3 is 3.08 bits per heavy atom. The van der Waals surface area contributed by atoms with Crippen LogP contribution in [0.4, 0.5) is 5.69 Å². The van der Waals surface area contributed by atoms with E-state index in [1.807, 2.05) is 0 Å². The van der Waals surface area contributed by atoms with E-state index in [1.165, 1.54) is 0 Å². The molecule has 1 heterocycles. The normalized spacial score (nSPS) is 10.3. The van der Waals surface area contributed by atoms with Gasteiger partial charge in [-0.25, -0.2) is 9.89 Å². The number of aromatic nitrogens is 3. The van der Waals surface area contributed by atoms with E-state index < -0.39 is 5.69 Å². The molecular weight excluding hydrogens is 156 g/mol. The zero-order chi connectivity index (χ0) is 8.55. The predicted molar refractivity (Wildman–Crippen MR) is 44.6 cm³/mol. The zero-order valence-corrected chi connectivity index (χ0v) is 6.11. The molecule has 5 heteroatoms. The van der Waals surface area contributed by atoms with Crippen LogP contribution in [0.3, 0.4) is 0 Å². The van der Waals surface area contributed by atoms with Crippen molar-refractivity contribution >= 4 is 16.7 Å². The summed E-state index contributed by atoms with van der Waals surface area (Å²) in [6, 6.07) is 5.12. The van der Waals surface area contributed by atoms with Crippen molar-refractivity contribution in [2.45, 2.75) is 0 Å². The van der Waals surface area contributed by atoms with Gasteiger partial charge in [-0.2, -0.15) is 10.1 Å². The average Bonchev–Trinajstić information content (AvgIpc) is 2.04. The zero-order valence-electron chi connectivity index (χ0n) is 6.11. The van der Waals surface area contributed by atoms with Crippen LogP contribution in [0.5, 0.6) is 0 Å². The number of nitrogens with one attached hydrogen (secondary N) is 1. The van der Waals surface area contributed by atoms with Gasteiger partial charge in [0.2, 0.25) is 0 Å². The molecule has 0 aliphatic rings. The molecular formula is C7H6N4O. The molecule has 0 unspecified atom stereocenters. The fraction of sp³-hybridized carbons (Fsp3) is 0. The Balaban J connectivity index is 2.96. The molecule has 0 aliphatic carbocycles. The van der Waals surface area contributed by atoms with E-state index in [9.17, 15) is 4.79 Å². The van der Waals surface area contributed by atoms with Crippen LogP contribution in [0.2, 0.25) is 0 Å². The molecule has 1 aromatic heterocycles. The Bertz CT molecular complexity index is 476. The molecule has 3 N–H and O–H groups in total. The van der Waals surface area contributed by atoms with Crippen LogP contribution in [0, 0.1) is 0 Å². The van der Waals surface area contributed by atoms with Crippen molar-refractivity contribution < 1.29 is 0 Å². The molecule has 2 rings (SSSR count). The van der Waals surface area contributed by atoms with Crippen molar-refractivity contribution in [3.05, 3.63) is 28.7 Å². The summed E-state index contributed by atoms with van der Waals surface area (Å²) in [6.45, 7) is 0. The summed E-state index contributed by atoms with van der Waals surface area (Å²) in [5.41, 5.74) is 6.67. The molecule has 0 saturated carbocycles. The van der Waals surface area contributed by atoms with Crippen molar-refractivity contribution in [1.29, 1.82) is 0 Å². The first-order valence-corrected chi connectivity index (χ1v) is 3.38. The number of fused-ring (bicyclic) bond motifs is 1. The molecule has 12 heavy (non-hydrogen) atoms. The summed E-state index contributed by atoms with van der Waals surface area (Å²) in [6.07, 6.45) is 0. The van der Waals surface area contributed by atoms with Gasteiger partial charge < -0.3 is 5.73 Å². The molecule has 0 saturated heterocycles. The molecule has 1 aromatic carbocycles. The maximum absolute atomic E-state index is 10.7. The lowest BCUT2D eigenvalue weighted by molar-refractivity contribution is 0.962. The monoisotopic (exact) mass is 162 g/mol. The van der Waals surface area contributed by atoms with E-state index in [0.717, 1.165) is 0 Å². The highest BCUT2D eigenvalue weighted by atomic mass is 16.1. The number of H-pyrrole nitrogens is 1. The second-order valence-electron chi connectivity index (χ2n) is 2.36. The Morgan fingerprint density at radius 2 is 2.25 bits per heavy atom. The van der Waals surface area contributed by atoms with Gasteiger partial charge in [0.05, 0.1) is 11.2 Å². The lowest BCUT2D eigenvalue weighted by Crippen LogP contribution is -2.12. The number of nitrogens with zero attached hydrogens (tertiary/aromatic N) is 2. The van der Waals surface area contributed by atoms with Gasteiger partial charge in [0.25, 0.3) is 0 Å². The largest absolute Gasteiger partial charge is 0.397 e. The van der Waals surface area contributed by atoms with Gasteiger partial charge in [0, 0.05) is 0 Å². The van der Waals surface area contributed by atoms with E-state index >= 15 is 0 Å². The van der Waals surface area contributed by atoms with Crippen LogP contribution in [0.25, 0.3) is 11.0 Å². The number of nitrogen functional groups attached to an aromatic ring is 1. The van der Waals surface area contributed by atoms with Gasteiger partial charge in [0.1, 0.15) is 5.52 Å². The van der Waals surface area contributed by atoms with E-state index in [4.69, 9.17) is 5.73 Å². The third-order valence-electron chi connectivity index (χ3n) is 1.53. The summed E-state index contributed by atoms with van der Waals surface area (Å²) >= 11 is 0. The van der Waals surface area contributed by atoms with Gasteiger partial charge >= 0.3 is 5.69 Å². The third-order valence-corrected chi connectivity index (χ3v) is 1.53. The van der Waals surface area contributed by atoms with Crippen molar-refractivity contribution in [1.82, 2.24) is 15.2 Å². The molecule has 2 aromatic rings. The van der Waals surface area contributed by atoms with Crippen molar-refractivity contribution in [3.8, 4) is 0 Å². The number of para-hydroxylation sites is 1. The molecule has 0 aliphatic heterocycles. The highest BCUT2D eigenvalue weighted by Crippen LogP contribution is 2.12. The Hall–Kier alpha value is -1.91. The maximum atomic E-state index is 10.7. The number of anilines is 1. The van der Waals surface area contributed by atoms with Crippen LogP contribution in [0.1, 0.15) is 0 Å². The maximum Gasteiger partial charge on any atom is 0.361 e. The summed E-state index contributed by atoms with van der Waals surface area (Å²) in [5, 5.41) is 5.97. The molecule has 0 fully saturated rings. The van der Waals surface area contributed by atoms with Crippen LogP contribution in [0.15, 0.2) is 23.0 Å². The van der Waals surface area contributed by atoms with Crippen molar-refractivity contribution in [2.75, 3.05) is 5.73 Å². The molecule has 5 nitrogen and oxygen atoms in total. The Labute approximate surface area is 67.2 Å². The molecule has 0 atom stereocenters. The first-order chi connectivity index (χ1) is 5.77.